The van der Waals surface area contributed by atoms with Gasteiger partial charge < -0.3 is 10.1 Å². The summed E-state index contributed by atoms with van der Waals surface area (Å²) in [5.41, 5.74) is -3.21. The SMILES string of the molecule is COOSc1ccccc1N1C[C@@](CO[C@H](C)c2cc(C(F)(F)F)cc(C(F)(F)F)c2)(c2ccccc2)NC1=O. The summed E-state index contributed by atoms with van der Waals surface area (Å²) in [6.45, 7) is 1.16. The molecule has 0 bridgehead atoms. The molecule has 4 rings (SSSR count). The number of carbonyl (C=O) groups excluding carboxylic acids is 1. The molecule has 214 valence electrons. The average Bonchev–Trinajstić information content (AvgIpc) is 3.27. The van der Waals surface area contributed by atoms with Crippen LogP contribution in [-0.2, 0) is 31.8 Å². The van der Waals surface area contributed by atoms with Crippen molar-refractivity contribution in [1.82, 2.24) is 5.32 Å². The van der Waals surface area contributed by atoms with Crippen LogP contribution < -0.4 is 10.2 Å². The van der Waals surface area contributed by atoms with Gasteiger partial charge in [0.1, 0.15) is 5.54 Å². The summed E-state index contributed by atoms with van der Waals surface area (Å²) in [5, 5.41) is 2.91. The maximum absolute atomic E-state index is 13.4. The Hall–Kier alpha value is -3.26. The minimum atomic E-state index is -4.99. The molecule has 1 aliphatic rings. The zero-order valence-corrected chi connectivity index (χ0v) is 22.0. The molecule has 2 atom stereocenters. The first-order chi connectivity index (χ1) is 18.8. The van der Waals surface area contributed by atoms with E-state index in [4.69, 9.17) is 9.07 Å². The third kappa shape index (κ3) is 6.54. The van der Waals surface area contributed by atoms with Gasteiger partial charge in [-0.1, -0.05) is 42.5 Å². The van der Waals surface area contributed by atoms with Gasteiger partial charge in [-0.05, 0) is 48.4 Å². The highest BCUT2D eigenvalue weighted by Crippen LogP contribution is 2.40. The minimum Gasteiger partial charge on any atom is -0.371 e. The third-order valence-corrected chi connectivity index (χ3v) is 7.08. The minimum absolute atomic E-state index is 0.0452. The Morgan fingerprint density at radius 2 is 1.55 bits per heavy atom. The van der Waals surface area contributed by atoms with Crippen molar-refractivity contribution in [2.45, 2.75) is 35.8 Å². The van der Waals surface area contributed by atoms with Gasteiger partial charge in [-0.3, -0.25) is 4.90 Å². The van der Waals surface area contributed by atoms with Gasteiger partial charge in [-0.2, -0.15) is 30.7 Å². The second kappa shape index (κ2) is 11.7. The van der Waals surface area contributed by atoms with Crippen molar-refractivity contribution in [2.75, 3.05) is 25.2 Å². The second-order valence-corrected chi connectivity index (χ2v) is 9.79. The summed E-state index contributed by atoms with van der Waals surface area (Å²) in [7, 11) is 1.33. The van der Waals surface area contributed by atoms with Crippen molar-refractivity contribution >= 4 is 23.8 Å². The largest absolute Gasteiger partial charge is 0.416 e. The standard InChI is InChI=1S/C27H24F6N2O4S/c1-17(18-12-20(26(28,29)30)14-21(13-18)27(31,32)33)38-16-25(19-8-4-3-5-9-19)15-35(24(36)34-25)22-10-6-7-11-23(22)40-39-37-2/h3-14,17H,15-16H2,1-2H3,(H,34,36)/t17-,25-/m1/s1. The van der Waals surface area contributed by atoms with Crippen LogP contribution >= 0.6 is 12.0 Å². The van der Waals surface area contributed by atoms with Crippen LogP contribution in [0.5, 0.6) is 0 Å². The van der Waals surface area contributed by atoms with Gasteiger partial charge in [-0.15, -0.1) is 0 Å². The van der Waals surface area contributed by atoms with Crippen molar-refractivity contribution in [2.24, 2.45) is 0 Å². The van der Waals surface area contributed by atoms with Crippen LogP contribution in [0.1, 0.15) is 35.3 Å². The molecule has 1 fully saturated rings. The van der Waals surface area contributed by atoms with E-state index in [1.807, 2.05) is 0 Å². The number of nitrogens with one attached hydrogen (secondary N) is 1. The van der Waals surface area contributed by atoms with Crippen molar-refractivity contribution in [3.63, 3.8) is 0 Å². The maximum atomic E-state index is 13.4. The molecule has 0 saturated carbocycles. The summed E-state index contributed by atoms with van der Waals surface area (Å²) in [5.74, 6) is 0. The fraction of sp³-hybridized carbons (Fsp3) is 0.296. The number of urea groups is 1. The number of benzene rings is 3. The molecule has 0 aromatic heterocycles. The molecule has 2 amide bonds. The molecule has 0 radical (unpaired) electrons. The van der Waals surface area contributed by atoms with Crippen LogP contribution in [0, 0.1) is 0 Å². The topological polar surface area (TPSA) is 60.0 Å². The molecule has 1 aliphatic heterocycles. The molecular formula is C27H24F6N2O4S. The first kappa shape index (κ1) is 29.7. The Bertz CT molecular complexity index is 1310. The number of halogens is 6. The zero-order chi connectivity index (χ0) is 29.1. The first-order valence-electron chi connectivity index (χ1n) is 11.9. The molecular weight excluding hydrogens is 562 g/mol. The molecule has 6 nitrogen and oxygen atoms in total. The Labute approximate surface area is 230 Å². The average molecular weight is 587 g/mol. The molecule has 0 aliphatic carbocycles. The van der Waals surface area contributed by atoms with Crippen LogP contribution in [0.2, 0.25) is 0 Å². The number of hydrogen-bond acceptors (Lipinski definition) is 5. The molecule has 1 heterocycles. The number of carbonyl (C=O) groups is 1. The Kier molecular flexibility index (Phi) is 8.69. The molecule has 13 heteroatoms. The van der Waals surface area contributed by atoms with Crippen LogP contribution in [0.15, 0.2) is 77.7 Å². The smallest absolute Gasteiger partial charge is 0.371 e. The van der Waals surface area contributed by atoms with E-state index in [2.05, 4.69) is 10.2 Å². The van der Waals surface area contributed by atoms with Gasteiger partial charge >= 0.3 is 18.4 Å². The van der Waals surface area contributed by atoms with Crippen LogP contribution in [0.3, 0.4) is 0 Å². The number of nitrogens with zero attached hydrogens (tertiary/aromatic N) is 1. The molecule has 1 saturated heterocycles. The first-order valence-corrected chi connectivity index (χ1v) is 12.6. The lowest BCUT2D eigenvalue weighted by Crippen LogP contribution is -2.45. The Morgan fingerprint density at radius 1 is 0.950 bits per heavy atom. The third-order valence-electron chi connectivity index (χ3n) is 6.35. The van der Waals surface area contributed by atoms with E-state index in [1.54, 1.807) is 54.6 Å². The highest BCUT2D eigenvalue weighted by molar-refractivity contribution is 7.94. The van der Waals surface area contributed by atoms with Crippen LogP contribution in [0.25, 0.3) is 0 Å². The van der Waals surface area contributed by atoms with E-state index in [-0.39, 0.29) is 24.8 Å². The highest BCUT2D eigenvalue weighted by Gasteiger charge is 2.46. The second-order valence-electron chi connectivity index (χ2n) is 9.04. The van der Waals surface area contributed by atoms with E-state index < -0.39 is 41.2 Å². The van der Waals surface area contributed by atoms with Gasteiger partial charge in [0.15, 0.2) is 0 Å². The van der Waals surface area contributed by atoms with Crippen LogP contribution in [0.4, 0.5) is 36.8 Å². The Balaban J connectivity index is 1.65. The molecule has 3 aromatic rings. The number of hydrogen-bond donors (Lipinski definition) is 1. The molecule has 0 spiro atoms. The van der Waals surface area contributed by atoms with Gasteiger partial charge in [0.05, 0.1) is 60.1 Å². The lowest BCUT2D eigenvalue weighted by Gasteiger charge is -2.31. The lowest BCUT2D eigenvalue weighted by molar-refractivity contribution is -0.160. The Morgan fingerprint density at radius 3 is 2.15 bits per heavy atom. The predicted molar refractivity (Wildman–Crippen MR) is 135 cm³/mol. The summed E-state index contributed by atoms with van der Waals surface area (Å²) in [6.07, 6.45) is -11.1. The van der Waals surface area contributed by atoms with Crippen molar-refractivity contribution in [3.8, 4) is 0 Å². The fourth-order valence-electron chi connectivity index (χ4n) is 4.33. The summed E-state index contributed by atoms with van der Waals surface area (Å²) in [6, 6.07) is 16.5. The molecule has 3 aromatic carbocycles. The van der Waals surface area contributed by atoms with Gasteiger partial charge in [0, 0.05) is 0 Å². The van der Waals surface area contributed by atoms with Crippen LogP contribution in [-0.4, -0.2) is 26.3 Å². The predicted octanol–water partition coefficient (Wildman–Crippen LogP) is 7.51. The summed E-state index contributed by atoms with van der Waals surface area (Å²) < 4.78 is 91.2. The number of ether oxygens (including phenoxy) is 1. The normalized spacial score (nSPS) is 18.6. The fourth-order valence-corrected chi connectivity index (χ4v) is 4.87. The van der Waals surface area contributed by atoms with Gasteiger partial charge in [0.2, 0.25) is 0 Å². The van der Waals surface area contributed by atoms with E-state index in [1.165, 1.54) is 18.9 Å². The van der Waals surface area contributed by atoms with E-state index in [0.717, 1.165) is 12.0 Å². The zero-order valence-electron chi connectivity index (χ0n) is 21.2. The van der Waals surface area contributed by atoms with Gasteiger partial charge in [-0.25, -0.2) is 9.68 Å². The highest BCUT2D eigenvalue weighted by atomic mass is 32.2. The molecule has 1 N–H and O–H groups in total. The summed E-state index contributed by atoms with van der Waals surface area (Å²) in [4.78, 5) is 19.9. The number of amides is 2. The van der Waals surface area contributed by atoms with E-state index in [9.17, 15) is 31.1 Å². The maximum Gasteiger partial charge on any atom is 0.416 e. The lowest BCUT2D eigenvalue weighted by atomic mass is 9.91. The number of alkyl halides is 6. The van der Waals surface area contributed by atoms with E-state index in [0.29, 0.717) is 28.3 Å². The monoisotopic (exact) mass is 586 g/mol. The quantitative estimate of drug-likeness (QED) is 0.122. The van der Waals surface area contributed by atoms with E-state index >= 15 is 0 Å². The summed E-state index contributed by atoms with van der Waals surface area (Å²) >= 11 is 0.895. The molecule has 40 heavy (non-hydrogen) atoms. The van der Waals surface area contributed by atoms with Crippen molar-refractivity contribution in [3.05, 3.63) is 95.1 Å². The van der Waals surface area contributed by atoms with Gasteiger partial charge in [0.25, 0.3) is 0 Å². The number of rotatable bonds is 9. The van der Waals surface area contributed by atoms with Crippen molar-refractivity contribution < 1.29 is 45.1 Å². The van der Waals surface area contributed by atoms with Crippen molar-refractivity contribution in [1.29, 1.82) is 0 Å². The number of para-hydroxylation sites is 1. The number of anilines is 1. The molecule has 0 unspecified atom stereocenters.